The molecule has 0 fully saturated rings. The summed E-state index contributed by atoms with van der Waals surface area (Å²) in [6.07, 6.45) is 0.876. The van der Waals surface area contributed by atoms with Crippen LogP contribution in [0.2, 0.25) is 0 Å². The van der Waals surface area contributed by atoms with Crippen molar-refractivity contribution >= 4 is 32.6 Å². The first kappa shape index (κ1) is 21.5. The van der Waals surface area contributed by atoms with Crippen molar-refractivity contribution in [3.63, 3.8) is 0 Å². The highest BCUT2D eigenvalue weighted by atomic mass is 32.1. The molecule has 0 saturated carbocycles. The van der Waals surface area contributed by atoms with Crippen LogP contribution in [0.15, 0.2) is 18.2 Å². The van der Waals surface area contributed by atoms with Crippen LogP contribution in [0.5, 0.6) is 0 Å². The maximum Gasteiger partial charge on any atom is 0.278 e. The zero-order valence-corrected chi connectivity index (χ0v) is 19.3. The fourth-order valence-electron chi connectivity index (χ4n) is 3.40. The third kappa shape index (κ3) is 4.51. The van der Waals surface area contributed by atoms with E-state index in [2.05, 4.69) is 36.0 Å². The molecule has 1 amide bonds. The Bertz CT molecular complexity index is 979. The fourth-order valence-corrected chi connectivity index (χ4v) is 4.54. The van der Waals surface area contributed by atoms with Gasteiger partial charge in [-0.1, -0.05) is 23.5 Å². The van der Waals surface area contributed by atoms with E-state index in [9.17, 15) is 4.79 Å². The summed E-state index contributed by atoms with van der Waals surface area (Å²) in [6, 6.07) is 6.21. The van der Waals surface area contributed by atoms with E-state index < -0.39 is 0 Å². The highest BCUT2D eigenvalue weighted by molar-refractivity contribution is 7.22. The molecule has 7 heteroatoms. The van der Waals surface area contributed by atoms with E-state index in [4.69, 9.17) is 4.98 Å². The second kappa shape index (κ2) is 8.63. The molecule has 0 radical (unpaired) electrons. The number of aryl methyl sites for hydroxylation is 3. The molecule has 0 atom stereocenters. The maximum absolute atomic E-state index is 13.6. The number of carbonyl (C=O) groups excluding carboxylic acids is 1. The molecule has 1 aromatic carbocycles. The Kier molecular flexibility index (Phi) is 6.39. The summed E-state index contributed by atoms with van der Waals surface area (Å²) in [5.41, 5.74) is 4.79. The van der Waals surface area contributed by atoms with E-state index in [1.165, 1.54) is 5.56 Å². The van der Waals surface area contributed by atoms with Gasteiger partial charge in [-0.2, -0.15) is 5.10 Å². The summed E-state index contributed by atoms with van der Waals surface area (Å²) in [4.78, 5) is 22.5. The van der Waals surface area contributed by atoms with Crippen LogP contribution in [0.4, 0.5) is 5.13 Å². The predicted octanol–water partition coefficient (Wildman–Crippen LogP) is 4.60. The molecule has 0 unspecified atom stereocenters. The standard InChI is InChI=1S/C22H31N5OS/c1-14(2)27-18(13-17(5)24-27)21(28)26(12-8-11-25(6)7)22-23-19-15(3)9-10-16(4)20(19)29-22/h9-10,13-14H,8,11-12H2,1-7H3. The molecule has 0 aliphatic rings. The molecule has 0 aliphatic heterocycles. The number of amides is 1. The SMILES string of the molecule is Cc1cc(C(=O)N(CCCN(C)C)c2nc3c(C)ccc(C)c3s2)n(C(C)C)n1. The zero-order chi connectivity index (χ0) is 21.3. The lowest BCUT2D eigenvalue weighted by Crippen LogP contribution is -2.35. The first-order valence-electron chi connectivity index (χ1n) is 10.1. The highest BCUT2D eigenvalue weighted by Crippen LogP contribution is 2.34. The van der Waals surface area contributed by atoms with Crippen molar-refractivity contribution in [3.8, 4) is 0 Å². The molecule has 0 aliphatic carbocycles. The van der Waals surface area contributed by atoms with Gasteiger partial charge in [0.05, 0.1) is 15.9 Å². The van der Waals surface area contributed by atoms with Crippen molar-refractivity contribution < 1.29 is 4.79 Å². The Labute approximate surface area is 177 Å². The average molecular weight is 414 g/mol. The lowest BCUT2D eigenvalue weighted by Gasteiger charge is -2.22. The van der Waals surface area contributed by atoms with E-state index in [0.29, 0.717) is 12.2 Å². The van der Waals surface area contributed by atoms with Gasteiger partial charge in [0.15, 0.2) is 5.13 Å². The van der Waals surface area contributed by atoms with E-state index in [1.807, 2.05) is 50.5 Å². The minimum absolute atomic E-state index is 0.0348. The molecule has 0 N–H and O–H groups in total. The van der Waals surface area contributed by atoms with Crippen LogP contribution in [0.25, 0.3) is 10.2 Å². The normalized spacial score (nSPS) is 11.8. The minimum atomic E-state index is -0.0348. The number of anilines is 1. The largest absolute Gasteiger partial charge is 0.309 e. The van der Waals surface area contributed by atoms with Gasteiger partial charge in [0.2, 0.25) is 0 Å². The van der Waals surface area contributed by atoms with Crippen LogP contribution < -0.4 is 4.90 Å². The smallest absolute Gasteiger partial charge is 0.278 e. The van der Waals surface area contributed by atoms with E-state index >= 15 is 0 Å². The first-order chi connectivity index (χ1) is 13.7. The van der Waals surface area contributed by atoms with Crippen LogP contribution in [-0.4, -0.2) is 52.8 Å². The van der Waals surface area contributed by atoms with E-state index in [-0.39, 0.29) is 11.9 Å². The van der Waals surface area contributed by atoms with Crippen molar-refractivity contribution in [2.45, 2.75) is 47.1 Å². The molecule has 29 heavy (non-hydrogen) atoms. The molecule has 6 nitrogen and oxygen atoms in total. The second-order valence-corrected chi connectivity index (χ2v) is 9.17. The Morgan fingerprint density at radius 3 is 2.45 bits per heavy atom. The number of thiazole rings is 1. The zero-order valence-electron chi connectivity index (χ0n) is 18.5. The van der Waals surface area contributed by atoms with Crippen LogP contribution in [0.1, 0.15) is 53.6 Å². The second-order valence-electron chi connectivity index (χ2n) is 8.20. The predicted molar refractivity (Wildman–Crippen MR) is 121 cm³/mol. The number of fused-ring (bicyclic) bond motifs is 1. The van der Waals surface area contributed by atoms with Gasteiger partial charge in [-0.05, 0) is 78.9 Å². The Balaban J connectivity index is 2.04. The van der Waals surface area contributed by atoms with Gasteiger partial charge in [-0.25, -0.2) is 4.98 Å². The molecule has 0 spiro atoms. The molecule has 0 saturated heterocycles. The number of rotatable bonds is 7. The molecule has 3 rings (SSSR count). The van der Waals surface area contributed by atoms with Crippen molar-refractivity contribution in [2.24, 2.45) is 0 Å². The van der Waals surface area contributed by atoms with Gasteiger partial charge < -0.3 is 4.90 Å². The van der Waals surface area contributed by atoms with Crippen molar-refractivity contribution in [1.82, 2.24) is 19.7 Å². The minimum Gasteiger partial charge on any atom is -0.309 e. The van der Waals surface area contributed by atoms with Crippen LogP contribution in [-0.2, 0) is 0 Å². The maximum atomic E-state index is 13.6. The average Bonchev–Trinajstić information content (AvgIpc) is 3.26. The molecular formula is C22H31N5OS. The molecular weight excluding hydrogens is 382 g/mol. The fraction of sp³-hybridized carbons (Fsp3) is 0.500. The van der Waals surface area contributed by atoms with E-state index in [1.54, 1.807) is 11.3 Å². The first-order valence-corrected chi connectivity index (χ1v) is 10.9. The molecule has 156 valence electrons. The van der Waals surface area contributed by atoms with E-state index in [0.717, 1.165) is 39.6 Å². The lowest BCUT2D eigenvalue weighted by molar-refractivity contribution is 0.0974. The van der Waals surface area contributed by atoms with Crippen molar-refractivity contribution in [2.75, 3.05) is 32.1 Å². The number of carbonyl (C=O) groups is 1. The number of hydrogen-bond acceptors (Lipinski definition) is 5. The summed E-state index contributed by atoms with van der Waals surface area (Å²) < 4.78 is 2.97. The van der Waals surface area contributed by atoms with Crippen molar-refractivity contribution in [3.05, 3.63) is 40.7 Å². The number of nitrogens with zero attached hydrogens (tertiary/aromatic N) is 5. The Hall–Kier alpha value is -2.25. The van der Waals surface area contributed by atoms with Crippen LogP contribution >= 0.6 is 11.3 Å². The van der Waals surface area contributed by atoms with Gasteiger partial charge in [0.1, 0.15) is 5.69 Å². The van der Waals surface area contributed by atoms with Gasteiger partial charge in [0, 0.05) is 12.6 Å². The van der Waals surface area contributed by atoms with Gasteiger partial charge in [0.25, 0.3) is 5.91 Å². The Morgan fingerprint density at radius 1 is 1.14 bits per heavy atom. The summed E-state index contributed by atoms with van der Waals surface area (Å²) in [6.45, 7) is 11.7. The third-order valence-electron chi connectivity index (χ3n) is 4.96. The summed E-state index contributed by atoms with van der Waals surface area (Å²) in [5.74, 6) is -0.0348. The van der Waals surface area contributed by atoms with Gasteiger partial charge in [-0.3, -0.25) is 14.4 Å². The third-order valence-corrected chi connectivity index (χ3v) is 6.17. The molecule has 3 aromatic rings. The van der Waals surface area contributed by atoms with Crippen LogP contribution in [0.3, 0.4) is 0 Å². The number of benzene rings is 1. The topological polar surface area (TPSA) is 54.3 Å². The summed E-state index contributed by atoms with van der Waals surface area (Å²) in [7, 11) is 4.10. The highest BCUT2D eigenvalue weighted by Gasteiger charge is 2.26. The molecule has 2 heterocycles. The number of aromatic nitrogens is 3. The quantitative estimate of drug-likeness (QED) is 0.568. The molecule has 2 aromatic heterocycles. The van der Waals surface area contributed by atoms with Gasteiger partial charge in [-0.15, -0.1) is 0 Å². The van der Waals surface area contributed by atoms with Crippen molar-refractivity contribution in [1.29, 1.82) is 0 Å². The Morgan fingerprint density at radius 2 is 1.83 bits per heavy atom. The lowest BCUT2D eigenvalue weighted by atomic mass is 10.1. The van der Waals surface area contributed by atoms with Crippen LogP contribution in [0, 0.1) is 20.8 Å². The monoisotopic (exact) mass is 413 g/mol. The summed E-state index contributed by atoms with van der Waals surface area (Å²) in [5, 5.41) is 5.29. The van der Waals surface area contributed by atoms with Gasteiger partial charge >= 0.3 is 0 Å². The summed E-state index contributed by atoms with van der Waals surface area (Å²) >= 11 is 1.60. The molecule has 0 bridgehead atoms. The number of hydrogen-bond donors (Lipinski definition) is 0.